The Balaban J connectivity index is 1.27. The highest BCUT2D eigenvalue weighted by Gasteiger charge is 2.16. The molecule has 0 aliphatic carbocycles. The summed E-state index contributed by atoms with van der Waals surface area (Å²) in [6.45, 7) is 5.35. The molecule has 178 valence electrons. The first-order valence-corrected chi connectivity index (χ1v) is 12.0. The highest BCUT2D eigenvalue weighted by molar-refractivity contribution is 5.97. The third-order valence-electron chi connectivity index (χ3n) is 6.50. The number of carbonyl (C=O) groups excluding carboxylic acids is 1. The Morgan fingerprint density at radius 1 is 1.00 bits per heavy atom. The van der Waals surface area contributed by atoms with Gasteiger partial charge in [0.2, 0.25) is 0 Å². The number of aryl methyl sites for hydroxylation is 1. The molecule has 6 heteroatoms. The van der Waals surface area contributed by atoms with Crippen molar-refractivity contribution in [3.8, 4) is 5.75 Å². The molecule has 0 saturated heterocycles. The summed E-state index contributed by atoms with van der Waals surface area (Å²) in [6.07, 6.45) is 1.06. The fraction of sp³-hybridized carbons (Fsp3) is 0.241. The molecule has 0 saturated carbocycles. The summed E-state index contributed by atoms with van der Waals surface area (Å²) in [7, 11) is 1.63. The molecule has 2 N–H and O–H groups in total. The van der Waals surface area contributed by atoms with Gasteiger partial charge >= 0.3 is 0 Å². The molecule has 0 bridgehead atoms. The molecule has 5 rings (SSSR count). The molecule has 35 heavy (non-hydrogen) atoms. The fourth-order valence-electron chi connectivity index (χ4n) is 4.68. The van der Waals surface area contributed by atoms with Crippen LogP contribution in [0.2, 0.25) is 0 Å². The van der Waals surface area contributed by atoms with Crippen molar-refractivity contribution in [2.24, 2.45) is 0 Å². The number of pyridine rings is 1. The average molecular weight is 467 g/mol. The number of nitrogens with one attached hydrogen (secondary N) is 2. The summed E-state index contributed by atoms with van der Waals surface area (Å²) in [5.74, 6) is 0.580. The lowest BCUT2D eigenvalue weighted by Gasteiger charge is -2.28. The first-order valence-electron chi connectivity index (χ1n) is 12.0. The number of rotatable bonds is 7. The molecule has 2 heterocycles. The van der Waals surface area contributed by atoms with Gasteiger partial charge in [0, 0.05) is 48.5 Å². The van der Waals surface area contributed by atoms with Crippen LogP contribution in [0.1, 0.15) is 27.2 Å². The number of hydrogen-bond donors (Lipinski definition) is 2. The smallest absolute Gasteiger partial charge is 0.251 e. The minimum atomic E-state index is -0.0936. The molecule has 1 aliphatic heterocycles. The van der Waals surface area contributed by atoms with E-state index in [1.165, 1.54) is 11.1 Å². The number of hydrogen-bond acceptors (Lipinski definition) is 5. The van der Waals surface area contributed by atoms with Crippen molar-refractivity contribution in [2.75, 3.05) is 32.1 Å². The van der Waals surface area contributed by atoms with Crippen LogP contribution in [0.5, 0.6) is 5.75 Å². The lowest BCUT2D eigenvalue weighted by molar-refractivity contribution is 0.0947. The molecule has 0 radical (unpaired) electrons. The molecular weight excluding hydrogens is 436 g/mol. The lowest BCUT2D eigenvalue weighted by Crippen LogP contribution is -2.37. The van der Waals surface area contributed by atoms with E-state index in [0.29, 0.717) is 17.9 Å². The summed E-state index contributed by atoms with van der Waals surface area (Å²) < 4.78 is 5.57. The SMILES string of the molecule is COc1ccc(C(=O)NCCN2CCc3ccccc3C2)cc1Nc1cc(C)nc2ccccc12. The number of nitrogens with zero attached hydrogens (tertiary/aromatic N) is 2. The number of carbonyl (C=O) groups is 1. The first kappa shape index (κ1) is 22.9. The highest BCUT2D eigenvalue weighted by Crippen LogP contribution is 2.32. The van der Waals surface area contributed by atoms with Crippen LogP contribution in [0.4, 0.5) is 11.4 Å². The van der Waals surface area contributed by atoms with Crippen LogP contribution < -0.4 is 15.4 Å². The molecule has 0 spiro atoms. The maximum absolute atomic E-state index is 12.9. The van der Waals surface area contributed by atoms with Gasteiger partial charge in [0.1, 0.15) is 5.75 Å². The summed E-state index contributed by atoms with van der Waals surface area (Å²) in [6, 6.07) is 24.1. The zero-order chi connectivity index (χ0) is 24.2. The van der Waals surface area contributed by atoms with E-state index in [4.69, 9.17) is 4.74 Å². The van der Waals surface area contributed by atoms with Crippen molar-refractivity contribution in [3.63, 3.8) is 0 Å². The predicted molar refractivity (Wildman–Crippen MR) is 141 cm³/mol. The molecule has 6 nitrogen and oxygen atoms in total. The van der Waals surface area contributed by atoms with Gasteiger partial charge in [-0.25, -0.2) is 0 Å². The van der Waals surface area contributed by atoms with Gasteiger partial charge in [0.05, 0.1) is 18.3 Å². The lowest BCUT2D eigenvalue weighted by atomic mass is 10.00. The minimum Gasteiger partial charge on any atom is -0.495 e. The molecule has 0 fully saturated rings. The van der Waals surface area contributed by atoms with Gasteiger partial charge in [-0.05, 0) is 54.8 Å². The second kappa shape index (κ2) is 10.2. The van der Waals surface area contributed by atoms with Gasteiger partial charge in [0.15, 0.2) is 0 Å². The van der Waals surface area contributed by atoms with Gasteiger partial charge in [0.25, 0.3) is 5.91 Å². The normalized spacial score (nSPS) is 13.3. The van der Waals surface area contributed by atoms with Crippen LogP contribution in [-0.4, -0.2) is 42.5 Å². The van der Waals surface area contributed by atoms with E-state index in [1.54, 1.807) is 13.2 Å². The van der Waals surface area contributed by atoms with Crippen molar-refractivity contribution in [1.29, 1.82) is 0 Å². The van der Waals surface area contributed by atoms with Crippen LogP contribution >= 0.6 is 0 Å². The molecule has 3 aromatic carbocycles. The molecule has 0 unspecified atom stereocenters. The van der Waals surface area contributed by atoms with Crippen molar-refractivity contribution in [1.82, 2.24) is 15.2 Å². The number of ether oxygens (including phenoxy) is 1. The van der Waals surface area contributed by atoms with Crippen LogP contribution in [0, 0.1) is 6.92 Å². The van der Waals surface area contributed by atoms with E-state index in [9.17, 15) is 4.79 Å². The van der Waals surface area contributed by atoms with Crippen molar-refractivity contribution in [3.05, 3.63) is 95.2 Å². The number of benzene rings is 3. The third kappa shape index (κ3) is 5.12. The molecular formula is C29H30N4O2. The zero-order valence-corrected chi connectivity index (χ0v) is 20.2. The van der Waals surface area contributed by atoms with Crippen LogP contribution in [0.25, 0.3) is 10.9 Å². The van der Waals surface area contributed by atoms with Crippen LogP contribution in [0.15, 0.2) is 72.8 Å². The summed E-state index contributed by atoms with van der Waals surface area (Å²) >= 11 is 0. The number of methoxy groups -OCH3 is 1. The Bertz CT molecular complexity index is 1370. The second-order valence-electron chi connectivity index (χ2n) is 8.92. The monoisotopic (exact) mass is 466 g/mol. The van der Waals surface area contributed by atoms with Crippen molar-refractivity contribution >= 4 is 28.2 Å². The minimum absolute atomic E-state index is 0.0936. The Morgan fingerprint density at radius 3 is 2.66 bits per heavy atom. The number of fused-ring (bicyclic) bond motifs is 2. The van der Waals surface area contributed by atoms with Crippen molar-refractivity contribution in [2.45, 2.75) is 19.9 Å². The van der Waals surface area contributed by atoms with Crippen LogP contribution in [-0.2, 0) is 13.0 Å². The van der Waals surface area contributed by atoms with E-state index < -0.39 is 0 Å². The van der Waals surface area contributed by atoms with E-state index in [0.717, 1.165) is 54.0 Å². The largest absolute Gasteiger partial charge is 0.495 e. The van der Waals surface area contributed by atoms with Crippen LogP contribution in [0.3, 0.4) is 0 Å². The average Bonchev–Trinajstić information content (AvgIpc) is 2.88. The number of aromatic nitrogens is 1. The maximum Gasteiger partial charge on any atom is 0.251 e. The Morgan fingerprint density at radius 2 is 1.80 bits per heavy atom. The molecule has 1 aromatic heterocycles. The highest BCUT2D eigenvalue weighted by atomic mass is 16.5. The second-order valence-corrected chi connectivity index (χ2v) is 8.92. The van der Waals surface area contributed by atoms with Gasteiger partial charge in [-0.3, -0.25) is 14.7 Å². The molecule has 1 aliphatic rings. The van der Waals surface area contributed by atoms with E-state index in [-0.39, 0.29) is 5.91 Å². The number of amides is 1. The summed E-state index contributed by atoms with van der Waals surface area (Å²) in [4.78, 5) is 19.9. The fourth-order valence-corrected chi connectivity index (χ4v) is 4.68. The predicted octanol–water partition coefficient (Wildman–Crippen LogP) is 5.08. The van der Waals surface area contributed by atoms with Gasteiger partial charge in [-0.15, -0.1) is 0 Å². The maximum atomic E-state index is 12.9. The number of para-hydroxylation sites is 1. The van der Waals surface area contributed by atoms with E-state index in [1.807, 2.05) is 49.4 Å². The standard InChI is InChI=1S/C29H30N4O2/c1-20-17-26(24-9-5-6-10-25(24)31-20)32-27-18-22(11-12-28(27)35-2)29(34)30-14-16-33-15-13-21-7-3-4-8-23(21)19-33/h3-12,17-18H,13-16,19H2,1-2H3,(H,30,34)(H,31,32). The summed E-state index contributed by atoms with van der Waals surface area (Å²) in [5.41, 5.74) is 6.91. The van der Waals surface area contributed by atoms with Gasteiger partial charge < -0.3 is 15.4 Å². The van der Waals surface area contributed by atoms with Gasteiger partial charge in [-0.1, -0.05) is 42.5 Å². The Kier molecular flexibility index (Phi) is 6.64. The summed E-state index contributed by atoms with van der Waals surface area (Å²) in [5, 5.41) is 7.56. The molecule has 0 atom stereocenters. The quantitative estimate of drug-likeness (QED) is 0.397. The van der Waals surface area contributed by atoms with E-state index >= 15 is 0 Å². The Hall–Kier alpha value is -3.90. The molecule has 1 amide bonds. The Labute approximate surface area is 205 Å². The third-order valence-corrected chi connectivity index (χ3v) is 6.50. The zero-order valence-electron chi connectivity index (χ0n) is 20.2. The number of anilines is 2. The first-order chi connectivity index (χ1) is 17.1. The van der Waals surface area contributed by atoms with E-state index in [2.05, 4.69) is 44.8 Å². The van der Waals surface area contributed by atoms with Gasteiger partial charge in [-0.2, -0.15) is 0 Å². The van der Waals surface area contributed by atoms with Crippen molar-refractivity contribution < 1.29 is 9.53 Å². The molecule has 4 aromatic rings. The topological polar surface area (TPSA) is 66.5 Å².